The van der Waals surface area contributed by atoms with E-state index < -0.39 is 0 Å². The van der Waals surface area contributed by atoms with Gasteiger partial charge in [0, 0.05) is 11.6 Å². The van der Waals surface area contributed by atoms with Crippen molar-refractivity contribution in [2.45, 2.75) is 39.3 Å². The van der Waals surface area contributed by atoms with Gasteiger partial charge in [0.15, 0.2) is 0 Å². The maximum absolute atomic E-state index is 11.7. The van der Waals surface area contributed by atoms with Crippen LogP contribution in [-0.2, 0) is 9.53 Å². The summed E-state index contributed by atoms with van der Waals surface area (Å²) in [7, 11) is 1.65. The van der Waals surface area contributed by atoms with Crippen LogP contribution in [0.4, 0.5) is 0 Å². The predicted octanol–water partition coefficient (Wildman–Crippen LogP) is 2.69. The minimum Gasteiger partial charge on any atom is -0.496 e. The van der Waals surface area contributed by atoms with Crippen LogP contribution in [0.15, 0.2) is 24.3 Å². The van der Waals surface area contributed by atoms with Gasteiger partial charge in [-0.15, -0.1) is 0 Å². The molecule has 0 aliphatic rings. The second-order valence-electron chi connectivity index (χ2n) is 4.34. The molecule has 1 aromatic carbocycles. The smallest absolute Gasteiger partial charge is 0.322 e. The molecule has 0 aromatic heterocycles. The van der Waals surface area contributed by atoms with Crippen LogP contribution in [0.2, 0.25) is 0 Å². The number of hydrogen-bond acceptors (Lipinski definition) is 4. The molecule has 0 fully saturated rings. The van der Waals surface area contributed by atoms with Crippen molar-refractivity contribution >= 4 is 5.97 Å². The standard InChI is InChI=1S/C15H23NO3/c1-5-13(16-11(3)15(17)19-6-2)12-9-7-8-10-14(12)18-4/h7-11,13,16H,5-6H2,1-4H3. The summed E-state index contributed by atoms with van der Waals surface area (Å²) in [5, 5.41) is 3.29. The van der Waals surface area contributed by atoms with Gasteiger partial charge in [0.2, 0.25) is 0 Å². The van der Waals surface area contributed by atoms with Crippen LogP contribution >= 0.6 is 0 Å². The van der Waals surface area contributed by atoms with E-state index in [0.29, 0.717) is 6.61 Å². The molecule has 0 saturated heterocycles. The third-order valence-corrected chi connectivity index (χ3v) is 3.01. The van der Waals surface area contributed by atoms with Gasteiger partial charge in [-0.1, -0.05) is 25.1 Å². The monoisotopic (exact) mass is 265 g/mol. The Kier molecular flexibility index (Phi) is 6.36. The van der Waals surface area contributed by atoms with Crippen LogP contribution in [0.25, 0.3) is 0 Å². The summed E-state index contributed by atoms with van der Waals surface area (Å²) >= 11 is 0. The molecule has 4 nitrogen and oxygen atoms in total. The average molecular weight is 265 g/mol. The van der Waals surface area contributed by atoms with Crippen molar-refractivity contribution < 1.29 is 14.3 Å². The van der Waals surface area contributed by atoms with Gasteiger partial charge in [0.1, 0.15) is 11.8 Å². The SMILES string of the molecule is CCOC(=O)C(C)NC(CC)c1ccccc1OC. The lowest BCUT2D eigenvalue weighted by molar-refractivity contribution is -0.145. The quantitative estimate of drug-likeness (QED) is 0.770. The maximum Gasteiger partial charge on any atom is 0.322 e. The van der Waals surface area contributed by atoms with Crippen LogP contribution in [0.5, 0.6) is 5.75 Å². The molecule has 0 saturated carbocycles. The zero-order valence-electron chi connectivity index (χ0n) is 12.1. The molecule has 0 heterocycles. The van der Waals surface area contributed by atoms with Crippen molar-refractivity contribution in [1.82, 2.24) is 5.32 Å². The van der Waals surface area contributed by atoms with Gasteiger partial charge in [-0.2, -0.15) is 0 Å². The number of esters is 1. The van der Waals surface area contributed by atoms with Gasteiger partial charge >= 0.3 is 5.97 Å². The normalized spacial score (nSPS) is 13.7. The lowest BCUT2D eigenvalue weighted by Gasteiger charge is -2.23. The molecule has 0 bridgehead atoms. The number of carbonyl (C=O) groups excluding carboxylic acids is 1. The van der Waals surface area contributed by atoms with Gasteiger partial charge in [-0.25, -0.2) is 0 Å². The Hall–Kier alpha value is -1.55. The molecule has 2 unspecified atom stereocenters. The molecule has 2 atom stereocenters. The zero-order valence-corrected chi connectivity index (χ0v) is 12.1. The predicted molar refractivity (Wildman–Crippen MR) is 75.3 cm³/mol. The number of nitrogens with one attached hydrogen (secondary N) is 1. The number of benzene rings is 1. The fourth-order valence-electron chi connectivity index (χ4n) is 2.02. The largest absolute Gasteiger partial charge is 0.496 e. The molecular weight excluding hydrogens is 242 g/mol. The highest BCUT2D eigenvalue weighted by atomic mass is 16.5. The first-order valence-electron chi connectivity index (χ1n) is 6.69. The fraction of sp³-hybridized carbons (Fsp3) is 0.533. The highest BCUT2D eigenvalue weighted by Crippen LogP contribution is 2.27. The molecule has 0 spiro atoms. The summed E-state index contributed by atoms with van der Waals surface area (Å²) in [5.41, 5.74) is 1.06. The molecule has 106 valence electrons. The lowest BCUT2D eigenvalue weighted by Crippen LogP contribution is -2.38. The topological polar surface area (TPSA) is 47.6 Å². The van der Waals surface area contributed by atoms with E-state index in [9.17, 15) is 4.79 Å². The van der Waals surface area contributed by atoms with Crippen LogP contribution in [0.1, 0.15) is 38.8 Å². The highest BCUT2D eigenvalue weighted by Gasteiger charge is 2.20. The molecule has 4 heteroatoms. The summed E-state index contributed by atoms with van der Waals surface area (Å²) in [6.45, 7) is 6.09. The van der Waals surface area contributed by atoms with E-state index in [2.05, 4.69) is 12.2 Å². The van der Waals surface area contributed by atoms with Crippen molar-refractivity contribution in [3.05, 3.63) is 29.8 Å². The summed E-state index contributed by atoms with van der Waals surface area (Å²) < 4.78 is 10.4. The second-order valence-corrected chi connectivity index (χ2v) is 4.34. The summed E-state index contributed by atoms with van der Waals surface area (Å²) in [6.07, 6.45) is 0.865. The van der Waals surface area contributed by atoms with E-state index in [-0.39, 0.29) is 18.1 Å². The molecule has 19 heavy (non-hydrogen) atoms. The highest BCUT2D eigenvalue weighted by molar-refractivity contribution is 5.75. The maximum atomic E-state index is 11.7. The van der Waals surface area contributed by atoms with Crippen LogP contribution in [-0.4, -0.2) is 25.7 Å². The number of ether oxygens (including phenoxy) is 2. The number of carbonyl (C=O) groups is 1. The molecular formula is C15H23NO3. The Labute approximate surface area is 115 Å². The molecule has 0 aliphatic heterocycles. The summed E-state index contributed by atoms with van der Waals surface area (Å²) in [4.78, 5) is 11.7. The van der Waals surface area contributed by atoms with E-state index in [0.717, 1.165) is 17.7 Å². The minimum absolute atomic E-state index is 0.0653. The zero-order chi connectivity index (χ0) is 14.3. The van der Waals surface area contributed by atoms with Crippen LogP contribution < -0.4 is 10.1 Å². The Bertz CT molecular complexity index is 406. The summed E-state index contributed by atoms with van der Waals surface area (Å²) in [6, 6.07) is 7.57. The van der Waals surface area contributed by atoms with Crippen molar-refractivity contribution in [3.8, 4) is 5.75 Å². The number of methoxy groups -OCH3 is 1. The molecule has 0 amide bonds. The van der Waals surface area contributed by atoms with Gasteiger partial charge in [0.25, 0.3) is 0 Å². The van der Waals surface area contributed by atoms with Crippen molar-refractivity contribution in [2.24, 2.45) is 0 Å². The Morgan fingerprint density at radius 1 is 1.32 bits per heavy atom. The van der Waals surface area contributed by atoms with E-state index in [1.165, 1.54) is 0 Å². The molecule has 1 N–H and O–H groups in total. The Morgan fingerprint density at radius 2 is 2.00 bits per heavy atom. The second kappa shape index (κ2) is 7.79. The minimum atomic E-state index is -0.338. The molecule has 1 aromatic rings. The average Bonchev–Trinajstić information content (AvgIpc) is 2.44. The number of hydrogen-bond donors (Lipinski definition) is 1. The van der Waals surface area contributed by atoms with E-state index in [1.807, 2.05) is 38.1 Å². The van der Waals surface area contributed by atoms with E-state index >= 15 is 0 Å². The van der Waals surface area contributed by atoms with E-state index in [4.69, 9.17) is 9.47 Å². The van der Waals surface area contributed by atoms with Gasteiger partial charge in [0.05, 0.1) is 13.7 Å². The Morgan fingerprint density at radius 3 is 2.58 bits per heavy atom. The van der Waals surface area contributed by atoms with E-state index in [1.54, 1.807) is 7.11 Å². The van der Waals surface area contributed by atoms with Crippen LogP contribution in [0.3, 0.4) is 0 Å². The first-order valence-corrected chi connectivity index (χ1v) is 6.69. The van der Waals surface area contributed by atoms with Gasteiger partial charge < -0.3 is 9.47 Å². The summed E-state index contributed by atoms with van der Waals surface area (Å²) in [5.74, 6) is 0.605. The third kappa shape index (κ3) is 4.24. The van der Waals surface area contributed by atoms with Gasteiger partial charge in [-0.3, -0.25) is 10.1 Å². The first kappa shape index (κ1) is 15.5. The Balaban J connectivity index is 2.80. The van der Waals surface area contributed by atoms with Gasteiger partial charge in [-0.05, 0) is 26.3 Å². The molecule has 0 aliphatic carbocycles. The van der Waals surface area contributed by atoms with Crippen molar-refractivity contribution in [3.63, 3.8) is 0 Å². The van der Waals surface area contributed by atoms with Crippen LogP contribution in [0, 0.1) is 0 Å². The number of para-hydroxylation sites is 1. The fourth-order valence-corrected chi connectivity index (χ4v) is 2.02. The lowest BCUT2D eigenvalue weighted by atomic mass is 10.0. The molecule has 1 rings (SSSR count). The third-order valence-electron chi connectivity index (χ3n) is 3.01. The van der Waals surface area contributed by atoms with Crippen molar-refractivity contribution in [1.29, 1.82) is 0 Å². The molecule has 0 radical (unpaired) electrons. The first-order chi connectivity index (χ1) is 9.13. The van der Waals surface area contributed by atoms with Crippen molar-refractivity contribution in [2.75, 3.05) is 13.7 Å². The number of rotatable bonds is 7.